The van der Waals surface area contributed by atoms with E-state index in [0.29, 0.717) is 10.9 Å². The molecule has 1 aliphatic heterocycles. The Balaban J connectivity index is 2.35. The van der Waals surface area contributed by atoms with Gasteiger partial charge in [-0.2, -0.15) is 5.10 Å². The number of halogens is 2. The van der Waals surface area contributed by atoms with Crippen molar-refractivity contribution in [2.45, 2.75) is 12.8 Å². The van der Waals surface area contributed by atoms with E-state index in [9.17, 15) is 0 Å². The molecular formula is C10H9BrClN3. The van der Waals surface area contributed by atoms with Crippen LogP contribution in [0.5, 0.6) is 0 Å². The highest BCUT2D eigenvalue weighted by Gasteiger charge is 2.10. The van der Waals surface area contributed by atoms with E-state index in [4.69, 9.17) is 17.3 Å². The smallest absolute Gasteiger partial charge is 0.122 e. The molecule has 0 aromatic heterocycles. The molecule has 0 radical (unpaired) electrons. The first-order chi connectivity index (χ1) is 7.16. The van der Waals surface area contributed by atoms with Crippen LogP contribution in [0.3, 0.4) is 0 Å². The first kappa shape index (κ1) is 10.6. The molecule has 0 amide bonds. The number of hydrogen-bond acceptors (Lipinski definition) is 3. The van der Waals surface area contributed by atoms with Gasteiger partial charge < -0.3 is 5.73 Å². The van der Waals surface area contributed by atoms with Crippen LogP contribution in [0.4, 0.5) is 0 Å². The summed E-state index contributed by atoms with van der Waals surface area (Å²) in [5.41, 5.74) is 7.47. The van der Waals surface area contributed by atoms with Gasteiger partial charge in [0.15, 0.2) is 0 Å². The van der Waals surface area contributed by atoms with E-state index in [-0.39, 0.29) is 0 Å². The second-order valence-electron chi connectivity index (χ2n) is 3.27. The van der Waals surface area contributed by atoms with Gasteiger partial charge in [0, 0.05) is 10.9 Å². The highest BCUT2D eigenvalue weighted by molar-refractivity contribution is 9.10. The van der Waals surface area contributed by atoms with E-state index in [2.05, 4.69) is 26.1 Å². The van der Waals surface area contributed by atoms with Crippen molar-refractivity contribution in [1.82, 2.24) is 0 Å². The number of nitrogens with two attached hydrogens (primary N) is 1. The van der Waals surface area contributed by atoms with Crippen molar-refractivity contribution >= 4 is 39.1 Å². The molecule has 1 aromatic rings. The SMILES string of the molecule is NC1=NN=C(c2ccc(Br)c(Cl)c2)CC1. The lowest BCUT2D eigenvalue weighted by Gasteiger charge is -2.10. The average Bonchev–Trinajstić information content (AvgIpc) is 2.23. The summed E-state index contributed by atoms with van der Waals surface area (Å²) in [6.45, 7) is 0. The summed E-state index contributed by atoms with van der Waals surface area (Å²) in [4.78, 5) is 0. The van der Waals surface area contributed by atoms with E-state index < -0.39 is 0 Å². The van der Waals surface area contributed by atoms with Crippen LogP contribution in [0.15, 0.2) is 32.9 Å². The monoisotopic (exact) mass is 285 g/mol. The molecule has 0 aliphatic carbocycles. The van der Waals surface area contributed by atoms with Crippen LogP contribution in [0.2, 0.25) is 5.02 Å². The van der Waals surface area contributed by atoms with Crippen LogP contribution in [0.1, 0.15) is 18.4 Å². The number of rotatable bonds is 1. The molecule has 15 heavy (non-hydrogen) atoms. The first-order valence-corrected chi connectivity index (χ1v) is 5.68. The average molecular weight is 287 g/mol. The lowest BCUT2D eigenvalue weighted by Crippen LogP contribution is -2.17. The largest absolute Gasteiger partial charge is 0.386 e. The second-order valence-corrected chi connectivity index (χ2v) is 4.53. The van der Waals surface area contributed by atoms with E-state index in [1.165, 1.54) is 0 Å². The van der Waals surface area contributed by atoms with Crippen molar-refractivity contribution in [2.75, 3.05) is 0 Å². The summed E-state index contributed by atoms with van der Waals surface area (Å²) in [6, 6.07) is 5.75. The topological polar surface area (TPSA) is 50.7 Å². The highest BCUT2D eigenvalue weighted by Crippen LogP contribution is 2.24. The van der Waals surface area contributed by atoms with Gasteiger partial charge in [-0.3, -0.25) is 0 Å². The van der Waals surface area contributed by atoms with Crippen molar-refractivity contribution in [3.63, 3.8) is 0 Å². The Kier molecular flexibility index (Phi) is 3.07. The Hall–Kier alpha value is -0.870. The molecule has 3 nitrogen and oxygen atoms in total. The summed E-state index contributed by atoms with van der Waals surface area (Å²) in [6.07, 6.45) is 1.57. The summed E-state index contributed by atoms with van der Waals surface area (Å²) in [5, 5.41) is 8.60. The predicted octanol–water partition coefficient (Wildman–Crippen LogP) is 2.96. The van der Waals surface area contributed by atoms with Gasteiger partial charge in [0.05, 0.1) is 10.7 Å². The maximum absolute atomic E-state index is 6.00. The van der Waals surface area contributed by atoms with E-state index in [0.717, 1.165) is 28.6 Å². The second kappa shape index (κ2) is 4.33. The molecule has 1 aliphatic rings. The molecule has 78 valence electrons. The van der Waals surface area contributed by atoms with Crippen LogP contribution in [-0.2, 0) is 0 Å². The highest BCUT2D eigenvalue weighted by atomic mass is 79.9. The van der Waals surface area contributed by atoms with Gasteiger partial charge in [0.2, 0.25) is 0 Å². The minimum atomic E-state index is 0.585. The molecule has 1 heterocycles. The molecular weight excluding hydrogens is 277 g/mol. The van der Waals surface area contributed by atoms with Crippen molar-refractivity contribution in [1.29, 1.82) is 0 Å². The molecule has 0 fully saturated rings. The summed E-state index contributed by atoms with van der Waals surface area (Å²) < 4.78 is 0.882. The molecule has 2 rings (SSSR count). The normalized spacial score (nSPS) is 15.9. The Morgan fingerprint density at radius 1 is 1.27 bits per heavy atom. The van der Waals surface area contributed by atoms with Crippen LogP contribution in [0.25, 0.3) is 0 Å². The number of amidine groups is 1. The van der Waals surface area contributed by atoms with Crippen molar-refractivity contribution in [3.8, 4) is 0 Å². The van der Waals surface area contributed by atoms with E-state index in [1.807, 2.05) is 18.2 Å². The third kappa shape index (κ3) is 2.38. The van der Waals surface area contributed by atoms with Crippen LogP contribution in [0, 0.1) is 0 Å². The van der Waals surface area contributed by atoms with Crippen molar-refractivity contribution in [2.24, 2.45) is 15.9 Å². The Morgan fingerprint density at radius 3 is 2.67 bits per heavy atom. The molecule has 0 unspecified atom stereocenters. The lowest BCUT2D eigenvalue weighted by atomic mass is 10.1. The minimum absolute atomic E-state index is 0.585. The van der Waals surface area contributed by atoms with Gasteiger partial charge >= 0.3 is 0 Å². The Bertz CT molecular complexity index is 454. The van der Waals surface area contributed by atoms with Gasteiger partial charge in [0.25, 0.3) is 0 Å². The third-order valence-corrected chi connectivity index (χ3v) is 3.40. The maximum atomic E-state index is 6.00. The summed E-state index contributed by atoms with van der Waals surface area (Å²) in [7, 11) is 0. The predicted molar refractivity (Wildman–Crippen MR) is 66.5 cm³/mol. The molecule has 0 saturated carbocycles. The molecule has 0 bridgehead atoms. The lowest BCUT2D eigenvalue weighted by molar-refractivity contribution is 1.02. The van der Waals surface area contributed by atoms with Gasteiger partial charge in [0.1, 0.15) is 5.84 Å². The molecule has 0 spiro atoms. The molecule has 0 saturated heterocycles. The molecule has 1 aromatic carbocycles. The first-order valence-electron chi connectivity index (χ1n) is 4.51. The van der Waals surface area contributed by atoms with Gasteiger partial charge in [-0.1, -0.05) is 17.7 Å². The van der Waals surface area contributed by atoms with E-state index >= 15 is 0 Å². The molecule has 5 heteroatoms. The van der Waals surface area contributed by atoms with Gasteiger partial charge in [-0.05, 0) is 40.0 Å². The number of nitrogens with zero attached hydrogens (tertiary/aromatic N) is 2. The number of benzene rings is 1. The van der Waals surface area contributed by atoms with Gasteiger partial charge in [-0.15, -0.1) is 5.10 Å². The van der Waals surface area contributed by atoms with Crippen LogP contribution >= 0.6 is 27.5 Å². The third-order valence-electron chi connectivity index (χ3n) is 2.17. The fourth-order valence-electron chi connectivity index (χ4n) is 1.35. The maximum Gasteiger partial charge on any atom is 0.122 e. The fraction of sp³-hybridized carbons (Fsp3) is 0.200. The van der Waals surface area contributed by atoms with Gasteiger partial charge in [-0.25, -0.2) is 0 Å². The quantitative estimate of drug-likeness (QED) is 0.848. The zero-order valence-electron chi connectivity index (χ0n) is 7.87. The molecule has 0 atom stereocenters. The standard InChI is InChI=1S/C10H9BrClN3/c11-7-2-1-6(5-8(7)12)9-3-4-10(13)15-14-9/h1-2,5H,3-4H2,(H2,13,15). The summed E-state index contributed by atoms with van der Waals surface area (Å²) >= 11 is 9.34. The summed E-state index contributed by atoms with van der Waals surface area (Å²) in [5.74, 6) is 0.585. The Morgan fingerprint density at radius 2 is 2.07 bits per heavy atom. The molecule has 2 N–H and O–H groups in total. The minimum Gasteiger partial charge on any atom is -0.386 e. The van der Waals surface area contributed by atoms with E-state index in [1.54, 1.807) is 0 Å². The van der Waals surface area contributed by atoms with Crippen LogP contribution in [-0.4, -0.2) is 11.5 Å². The number of hydrogen-bond donors (Lipinski definition) is 1. The zero-order valence-corrected chi connectivity index (χ0v) is 10.2. The van der Waals surface area contributed by atoms with Crippen LogP contribution < -0.4 is 5.73 Å². The fourth-order valence-corrected chi connectivity index (χ4v) is 1.78. The van der Waals surface area contributed by atoms with Crippen molar-refractivity contribution in [3.05, 3.63) is 33.3 Å². The Labute approximate surface area is 101 Å². The zero-order chi connectivity index (χ0) is 10.8. The van der Waals surface area contributed by atoms with Crippen molar-refractivity contribution < 1.29 is 0 Å².